The molecular weight excluding hydrogens is 408 g/mol. The predicted molar refractivity (Wildman–Crippen MR) is 123 cm³/mol. The molecule has 2 aliphatic carbocycles. The van der Waals surface area contributed by atoms with Crippen molar-refractivity contribution < 1.29 is 29.2 Å². The van der Waals surface area contributed by atoms with Crippen LogP contribution in [0.2, 0.25) is 0 Å². The Morgan fingerprint density at radius 1 is 1.16 bits per heavy atom. The van der Waals surface area contributed by atoms with Gasteiger partial charge in [-0.15, -0.1) is 0 Å². The van der Waals surface area contributed by atoms with E-state index in [-0.39, 0.29) is 36.1 Å². The molecule has 0 aromatic heterocycles. The number of hydrogen-bond donors (Lipinski definition) is 2. The maximum Gasteiger partial charge on any atom is 0.306 e. The van der Waals surface area contributed by atoms with E-state index in [2.05, 4.69) is 0 Å². The van der Waals surface area contributed by atoms with E-state index in [1.165, 1.54) is 19.3 Å². The lowest BCUT2D eigenvalue weighted by Gasteiger charge is -2.23. The highest BCUT2D eigenvalue weighted by Gasteiger charge is 2.43. The molecule has 0 amide bonds. The summed E-state index contributed by atoms with van der Waals surface area (Å²) in [6.07, 6.45) is 13.9. The second-order valence-electron chi connectivity index (χ2n) is 10.3. The van der Waals surface area contributed by atoms with E-state index in [1.54, 1.807) is 0 Å². The van der Waals surface area contributed by atoms with Crippen LogP contribution in [0, 0.1) is 17.8 Å². The highest BCUT2D eigenvalue weighted by atomic mass is 16.5. The molecule has 0 radical (unpaired) electrons. The van der Waals surface area contributed by atoms with E-state index in [1.807, 2.05) is 26.0 Å². The Morgan fingerprint density at radius 2 is 1.94 bits per heavy atom. The highest BCUT2D eigenvalue weighted by Crippen LogP contribution is 2.42. The number of rotatable bonds is 10. The van der Waals surface area contributed by atoms with Crippen LogP contribution in [0.25, 0.3) is 0 Å². The predicted octanol–water partition coefficient (Wildman–Crippen LogP) is 4.17. The van der Waals surface area contributed by atoms with Crippen molar-refractivity contribution in [1.29, 1.82) is 0 Å². The van der Waals surface area contributed by atoms with Crippen molar-refractivity contribution in [2.75, 3.05) is 13.2 Å². The van der Waals surface area contributed by atoms with Crippen molar-refractivity contribution in [3.8, 4) is 0 Å². The molecular formula is C26H44O6. The summed E-state index contributed by atoms with van der Waals surface area (Å²) >= 11 is 0. The largest absolute Gasteiger partial charge is 0.463 e. The van der Waals surface area contributed by atoms with Crippen LogP contribution in [0.3, 0.4) is 0 Å². The van der Waals surface area contributed by atoms with Crippen molar-refractivity contribution in [2.24, 2.45) is 17.8 Å². The fraction of sp³-hybridized carbons (Fsp3) is 0.885. The van der Waals surface area contributed by atoms with Crippen molar-refractivity contribution in [3.63, 3.8) is 0 Å². The molecule has 0 bridgehead atoms. The lowest BCUT2D eigenvalue weighted by molar-refractivity contribution is -0.147. The lowest BCUT2D eigenvalue weighted by atomic mass is 9.86. The zero-order valence-electron chi connectivity index (χ0n) is 20.0. The molecule has 1 heterocycles. The molecule has 0 spiro atoms. The van der Waals surface area contributed by atoms with Gasteiger partial charge in [0.15, 0.2) is 0 Å². The lowest BCUT2D eigenvalue weighted by Crippen LogP contribution is -2.24. The molecule has 6 heteroatoms. The number of fused-ring (bicyclic) bond motifs is 1. The zero-order chi connectivity index (χ0) is 22.9. The normalized spacial score (nSPS) is 32.7. The third-order valence-electron chi connectivity index (χ3n) is 7.32. The highest BCUT2D eigenvalue weighted by molar-refractivity contribution is 5.69. The van der Waals surface area contributed by atoms with Gasteiger partial charge in [-0.25, -0.2) is 0 Å². The van der Waals surface area contributed by atoms with Gasteiger partial charge in [0.2, 0.25) is 0 Å². The third-order valence-corrected chi connectivity index (χ3v) is 7.32. The molecule has 1 saturated heterocycles. The first kappa shape index (κ1) is 25.7. The quantitative estimate of drug-likeness (QED) is 0.382. The molecule has 3 rings (SSSR count). The number of ether oxygens (including phenoxy) is 3. The fourth-order valence-electron chi connectivity index (χ4n) is 5.58. The molecule has 2 saturated carbocycles. The molecule has 0 aromatic rings. The Bertz CT molecular complexity index is 585. The molecule has 6 nitrogen and oxygen atoms in total. The second-order valence-corrected chi connectivity index (χ2v) is 10.3. The van der Waals surface area contributed by atoms with Crippen LogP contribution in [0.1, 0.15) is 84.5 Å². The Kier molecular flexibility index (Phi) is 10.5. The smallest absolute Gasteiger partial charge is 0.306 e. The average molecular weight is 453 g/mol. The number of carbonyl (C=O) groups excluding carboxylic acids is 1. The monoisotopic (exact) mass is 452 g/mol. The van der Waals surface area contributed by atoms with Crippen LogP contribution < -0.4 is 0 Å². The molecule has 1 aliphatic heterocycles. The number of esters is 1. The summed E-state index contributed by atoms with van der Waals surface area (Å²) in [5.41, 5.74) is 0. The first-order chi connectivity index (χ1) is 15.4. The van der Waals surface area contributed by atoms with Gasteiger partial charge >= 0.3 is 5.97 Å². The number of aliphatic hydroxyl groups is 2. The second kappa shape index (κ2) is 13.1. The van der Waals surface area contributed by atoms with Gasteiger partial charge in [-0.05, 0) is 64.2 Å². The van der Waals surface area contributed by atoms with Crippen LogP contribution in [-0.2, 0) is 19.0 Å². The number of hydrogen-bond acceptors (Lipinski definition) is 6. The summed E-state index contributed by atoms with van der Waals surface area (Å²) in [4.78, 5) is 11.7. The zero-order valence-corrected chi connectivity index (χ0v) is 20.0. The minimum absolute atomic E-state index is 0.0177. The van der Waals surface area contributed by atoms with Crippen LogP contribution in [0.5, 0.6) is 0 Å². The van der Waals surface area contributed by atoms with E-state index in [4.69, 9.17) is 14.2 Å². The Hall–Kier alpha value is -0.950. The molecule has 3 fully saturated rings. The Labute approximate surface area is 193 Å². The maximum absolute atomic E-state index is 11.7. The van der Waals surface area contributed by atoms with Gasteiger partial charge in [0.25, 0.3) is 0 Å². The summed E-state index contributed by atoms with van der Waals surface area (Å²) in [6, 6.07) is 0. The van der Waals surface area contributed by atoms with Gasteiger partial charge in [0.05, 0.1) is 37.1 Å². The van der Waals surface area contributed by atoms with Crippen LogP contribution >= 0.6 is 0 Å². The first-order valence-electron chi connectivity index (χ1n) is 12.9. The van der Waals surface area contributed by atoms with Crippen molar-refractivity contribution in [1.82, 2.24) is 0 Å². The van der Waals surface area contributed by atoms with Crippen LogP contribution in [0.15, 0.2) is 12.2 Å². The molecule has 0 aromatic carbocycles. The minimum Gasteiger partial charge on any atom is -0.463 e. The van der Waals surface area contributed by atoms with Gasteiger partial charge in [0, 0.05) is 25.4 Å². The van der Waals surface area contributed by atoms with Crippen molar-refractivity contribution in [2.45, 2.75) is 115 Å². The Morgan fingerprint density at radius 3 is 2.69 bits per heavy atom. The van der Waals surface area contributed by atoms with Gasteiger partial charge in [-0.1, -0.05) is 31.4 Å². The number of carbonyl (C=O) groups is 1. The SMILES string of the molecule is CC(C)OC(=O)CCC[C@H]1CC[C@@H]2[C@@H](C=C[C@@H](O)COC3CCCCC3)[C@H](O)C[C@@H]2OC1. The molecule has 0 unspecified atom stereocenters. The van der Waals surface area contributed by atoms with Gasteiger partial charge in [0.1, 0.15) is 0 Å². The van der Waals surface area contributed by atoms with E-state index in [0.717, 1.165) is 38.5 Å². The van der Waals surface area contributed by atoms with Crippen molar-refractivity contribution in [3.05, 3.63) is 12.2 Å². The van der Waals surface area contributed by atoms with Gasteiger partial charge < -0.3 is 24.4 Å². The van der Waals surface area contributed by atoms with E-state index < -0.39 is 12.2 Å². The Balaban J connectivity index is 1.41. The summed E-state index contributed by atoms with van der Waals surface area (Å²) < 4.78 is 17.3. The van der Waals surface area contributed by atoms with E-state index >= 15 is 0 Å². The molecule has 6 atom stereocenters. The molecule has 32 heavy (non-hydrogen) atoms. The number of aliphatic hydroxyl groups excluding tert-OH is 2. The molecule has 2 N–H and O–H groups in total. The van der Waals surface area contributed by atoms with Crippen LogP contribution in [0.4, 0.5) is 0 Å². The minimum atomic E-state index is -0.631. The summed E-state index contributed by atoms with van der Waals surface area (Å²) in [5, 5.41) is 21.0. The van der Waals surface area contributed by atoms with Gasteiger partial charge in [-0.3, -0.25) is 4.79 Å². The molecule has 3 aliphatic rings. The average Bonchev–Trinajstić information content (AvgIpc) is 2.92. The fourth-order valence-corrected chi connectivity index (χ4v) is 5.58. The van der Waals surface area contributed by atoms with Gasteiger partial charge in [-0.2, -0.15) is 0 Å². The van der Waals surface area contributed by atoms with E-state index in [0.29, 0.717) is 32.0 Å². The van der Waals surface area contributed by atoms with Crippen molar-refractivity contribution >= 4 is 5.97 Å². The van der Waals surface area contributed by atoms with E-state index in [9.17, 15) is 15.0 Å². The molecule has 184 valence electrons. The standard InChI is InChI=1S/C26H44O6/c1-18(2)32-26(29)10-6-7-19-11-13-23-22(24(28)15-25(23)31-16-19)14-12-20(27)17-30-21-8-4-3-5-9-21/h12,14,18-25,27-28H,3-11,13,15-17H2,1-2H3/t19-,20+,22+,23+,24+,25-/m0/s1. The first-order valence-corrected chi connectivity index (χ1v) is 12.9. The third kappa shape index (κ3) is 8.12. The maximum atomic E-state index is 11.7. The topological polar surface area (TPSA) is 85.2 Å². The summed E-state index contributed by atoms with van der Waals surface area (Å²) in [7, 11) is 0. The summed E-state index contributed by atoms with van der Waals surface area (Å²) in [5.74, 6) is 0.627. The van der Waals surface area contributed by atoms with Crippen LogP contribution in [-0.4, -0.2) is 59.9 Å². The summed E-state index contributed by atoms with van der Waals surface area (Å²) in [6.45, 7) is 4.77.